The van der Waals surface area contributed by atoms with Crippen molar-refractivity contribution in [3.8, 4) is 0 Å². The van der Waals surface area contributed by atoms with Crippen molar-refractivity contribution in [2.45, 2.75) is 26.9 Å². The fraction of sp³-hybridized carbons (Fsp3) is 0.500. The third-order valence-electron chi connectivity index (χ3n) is 4.58. The van der Waals surface area contributed by atoms with E-state index < -0.39 is 0 Å². The van der Waals surface area contributed by atoms with Gasteiger partial charge in [-0.05, 0) is 30.5 Å². The number of nitrogens with one attached hydrogen (secondary N) is 1. The summed E-state index contributed by atoms with van der Waals surface area (Å²) >= 11 is 0. The molecule has 5 heteroatoms. The normalized spacial score (nSPS) is 15.7. The fourth-order valence-corrected chi connectivity index (χ4v) is 2.85. The zero-order valence-corrected chi connectivity index (χ0v) is 14.1. The topological polar surface area (TPSA) is 42.3 Å². The van der Waals surface area contributed by atoms with Crippen molar-refractivity contribution in [2.24, 2.45) is 0 Å². The molecular formula is C18H26N4O. The number of aromatic nitrogens is 2. The Morgan fingerprint density at radius 1 is 1.17 bits per heavy atom. The first-order valence-electron chi connectivity index (χ1n) is 8.34. The quantitative estimate of drug-likeness (QED) is 0.889. The molecule has 0 bridgehead atoms. The molecule has 0 radical (unpaired) electrons. The van der Waals surface area contributed by atoms with Crippen LogP contribution in [0.3, 0.4) is 0 Å². The van der Waals surface area contributed by atoms with E-state index in [1.54, 1.807) is 0 Å². The van der Waals surface area contributed by atoms with E-state index in [0.29, 0.717) is 0 Å². The minimum absolute atomic E-state index is 0.836. The summed E-state index contributed by atoms with van der Waals surface area (Å²) in [7, 11) is 0. The Hall–Kier alpha value is -1.85. The Morgan fingerprint density at radius 2 is 2.00 bits per heavy atom. The van der Waals surface area contributed by atoms with Crippen LogP contribution >= 0.6 is 0 Å². The number of nitrogens with zero attached hydrogens (tertiary/aromatic N) is 3. The number of ether oxygens (including phenoxy) is 1. The molecule has 1 aromatic carbocycles. The van der Waals surface area contributed by atoms with E-state index in [9.17, 15) is 0 Å². The monoisotopic (exact) mass is 314 g/mol. The summed E-state index contributed by atoms with van der Waals surface area (Å²) in [5.74, 6) is 0. The number of anilines is 1. The smallest absolute Gasteiger partial charge is 0.0729 e. The van der Waals surface area contributed by atoms with Gasteiger partial charge in [0.25, 0.3) is 0 Å². The van der Waals surface area contributed by atoms with E-state index in [-0.39, 0.29) is 0 Å². The van der Waals surface area contributed by atoms with Gasteiger partial charge in [-0.3, -0.25) is 9.58 Å². The van der Waals surface area contributed by atoms with Crippen molar-refractivity contribution in [3.05, 3.63) is 47.3 Å². The number of morpholine rings is 1. The summed E-state index contributed by atoms with van der Waals surface area (Å²) < 4.78 is 7.39. The summed E-state index contributed by atoms with van der Waals surface area (Å²) in [6.45, 7) is 10.9. The van der Waals surface area contributed by atoms with Crippen molar-refractivity contribution in [2.75, 3.05) is 38.2 Å². The lowest BCUT2D eigenvalue weighted by Crippen LogP contribution is -2.38. The first kappa shape index (κ1) is 16.0. The summed E-state index contributed by atoms with van der Waals surface area (Å²) in [6, 6.07) is 6.45. The van der Waals surface area contributed by atoms with Crippen LogP contribution < -0.4 is 5.32 Å². The highest BCUT2D eigenvalue weighted by molar-refractivity contribution is 5.41. The maximum atomic E-state index is 5.37. The second-order valence-corrected chi connectivity index (χ2v) is 6.16. The first-order chi connectivity index (χ1) is 11.2. The summed E-state index contributed by atoms with van der Waals surface area (Å²) in [4.78, 5) is 2.42. The van der Waals surface area contributed by atoms with Crippen LogP contribution in [0.2, 0.25) is 0 Å². The van der Waals surface area contributed by atoms with Crippen LogP contribution in [0, 0.1) is 13.8 Å². The van der Waals surface area contributed by atoms with Crippen LogP contribution in [-0.4, -0.2) is 47.5 Å². The molecule has 5 nitrogen and oxygen atoms in total. The lowest BCUT2D eigenvalue weighted by atomic mass is 10.0. The molecule has 1 fully saturated rings. The van der Waals surface area contributed by atoms with Gasteiger partial charge in [0.2, 0.25) is 0 Å². The molecule has 0 aliphatic carbocycles. The molecule has 0 saturated carbocycles. The van der Waals surface area contributed by atoms with Crippen molar-refractivity contribution in [1.29, 1.82) is 0 Å². The fourth-order valence-electron chi connectivity index (χ4n) is 2.85. The van der Waals surface area contributed by atoms with Gasteiger partial charge in [-0.1, -0.05) is 18.2 Å². The molecule has 0 unspecified atom stereocenters. The number of benzene rings is 1. The molecule has 3 rings (SSSR count). The van der Waals surface area contributed by atoms with Gasteiger partial charge in [0.15, 0.2) is 0 Å². The SMILES string of the molecule is Cc1cccc(CNc2cnn(CCN3CCOCC3)c2)c1C. The molecule has 1 N–H and O–H groups in total. The Labute approximate surface area is 138 Å². The van der Waals surface area contributed by atoms with Crippen molar-refractivity contribution in [1.82, 2.24) is 14.7 Å². The average molecular weight is 314 g/mol. The zero-order valence-electron chi connectivity index (χ0n) is 14.1. The Balaban J connectivity index is 1.50. The number of hydrogen-bond acceptors (Lipinski definition) is 4. The summed E-state index contributed by atoms with van der Waals surface area (Å²) in [6.07, 6.45) is 4.00. The van der Waals surface area contributed by atoms with Gasteiger partial charge in [-0.25, -0.2) is 0 Å². The molecule has 1 aliphatic rings. The molecule has 1 aromatic heterocycles. The van der Waals surface area contributed by atoms with Crippen LogP contribution in [0.25, 0.3) is 0 Å². The number of rotatable bonds is 6. The minimum Gasteiger partial charge on any atom is -0.379 e. The van der Waals surface area contributed by atoms with Gasteiger partial charge < -0.3 is 10.1 Å². The van der Waals surface area contributed by atoms with Crippen LogP contribution in [-0.2, 0) is 17.8 Å². The van der Waals surface area contributed by atoms with E-state index in [1.807, 2.05) is 10.9 Å². The first-order valence-corrected chi connectivity index (χ1v) is 8.34. The van der Waals surface area contributed by atoms with Crippen molar-refractivity contribution < 1.29 is 4.74 Å². The van der Waals surface area contributed by atoms with E-state index >= 15 is 0 Å². The lowest BCUT2D eigenvalue weighted by molar-refractivity contribution is 0.0360. The highest BCUT2D eigenvalue weighted by atomic mass is 16.5. The van der Waals surface area contributed by atoms with Gasteiger partial charge in [-0.2, -0.15) is 5.10 Å². The maximum absolute atomic E-state index is 5.37. The molecule has 2 aromatic rings. The van der Waals surface area contributed by atoms with Gasteiger partial charge in [0, 0.05) is 32.4 Å². The lowest BCUT2D eigenvalue weighted by Gasteiger charge is -2.26. The van der Waals surface area contributed by atoms with E-state index in [4.69, 9.17) is 4.74 Å². The molecule has 1 aliphatic heterocycles. The predicted molar refractivity (Wildman–Crippen MR) is 92.7 cm³/mol. The van der Waals surface area contributed by atoms with Crippen molar-refractivity contribution >= 4 is 5.69 Å². The van der Waals surface area contributed by atoms with E-state index in [2.05, 4.69) is 53.6 Å². The van der Waals surface area contributed by atoms with Crippen LogP contribution in [0.1, 0.15) is 16.7 Å². The molecule has 1 saturated heterocycles. The van der Waals surface area contributed by atoms with E-state index in [1.165, 1.54) is 16.7 Å². The number of hydrogen-bond donors (Lipinski definition) is 1. The third-order valence-corrected chi connectivity index (χ3v) is 4.58. The maximum Gasteiger partial charge on any atom is 0.0729 e. The predicted octanol–water partition coefficient (Wildman–Crippen LogP) is 2.44. The Kier molecular flexibility index (Phi) is 5.31. The van der Waals surface area contributed by atoms with Gasteiger partial charge >= 0.3 is 0 Å². The van der Waals surface area contributed by atoms with Gasteiger partial charge in [0.05, 0.1) is 31.6 Å². The highest BCUT2D eigenvalue weighted by Crippen LogP contribution is 2.15. The molecule has 124 valence electrons. The van der Waals surface area contributed by atoms with Crippen LogP contribution in [0.5, 0.6) is 0 Å². The molecule has 0 spiro atoms. The molecule has 0 atom stereocenters. The van der Waals surface area contributed by atoms with E-state index in [0.717, 1.165) is 51.6 Å². The Morgan fingerprint density at radius 3 is 2.83 bits per heavy atom. The summed E-state index contributed by atoms with van der Waals surface area (Å²) in [5.41, 5.74) is 5.11. The molecular weight excluding hydrogens is 288 g/mol. The van der Waals surface area contributed by atoms with Crippen molar-refractivity contribution in [3.63, 3.8) is 0 Å². The Bertz CT molecular complexity index is 632. The molecule has 2 heterocycles. The zero-order chi connectivity index (χ0) is 16.1. The third kappa shape index (κ3) is 4.33. The van der Waals surface area contributed by atoms with Crippen LogP contribution in [0.4, 0.5) is 5.69 Å². The van der Waals surface area contributed by atoms with Gasteiger partial charge in [-0.15, -0.1) is 0 Å². The second kappa shape index (κ2) is 7.62. The highest BCUT2D eigenvalue weighted by Gasteiger charge is 2.10. The number of aryl methyl sites for hydroxylation is 1. The average Bonchev–Trinajstić information content (AvgIpc) is 3.03. The molecule has 0 amide bonds. The van der Waals surface area contributed by atoms with Gasteiger partial charge in [0.1, 0.15) is 0 Å². The second-order valence-electron chi connectivity index (χ2n) is 6.16. The van der Waals surface area contributed by atoms with Crippen LogP contribution in [0.15, 0.2) is 30.6 Å². The summed E-state index contributed by atoms with van der Waals surface area (Å²) in [5, 5.41) is 7.92. The standard InChI is InChI=1S/C18H26N4O/c1-15-4-3-5-17(16(15)2)12-19-18-13-20-22(14-18)7-6-21-8-10-23-11-9-21/h3-5,13-14,19H,6-12H2,1-2H3. The molecule has 23 heavy (non-hydrogen) atoms. The largest absolute Gasteiger partial charge is 0.379 e. The minimum atomic E-state index is 0.836.